The lowest BCUT2D eigenvalue weighted by atomic mass is 10.3. The van der Waals surface area contributed by atoms with Crippen molar-refractivity contribution >= 4 is 29.0 Å². The number of aliphatic hydroxyl groups is 1. The third-order valence-corrected chi connectivity index (χ3v) is 1.88. The lowest BCUT2D eigenvalue weighted by Crippen LogP contribution is -2.35. The molecule has 16 heavy (non-hydrogen) atoms. The van der Waals surface area contributed by atoms with Gasteiger partial charge in [0.1, 0.15) is 0 Å². The molecule has 0 bridgehead atoms. The number of alkyl halides is 3. The molecule has 10 heteroatoms. The van der Waals surface area contributed by atoms with Crippen molar-refractivity contribution in [2.75, 3.05) is 11.9 Å². The predicted molar refractivity (Wildman–Crippen MR) is 50.4 cm³/mol. The molecule has 0 saturated heterocycles. The maximum Gasteiger partial charge on any atom is 0.416 e. The zero-order valence-electron chi connectivity index (χ0n) is 7.46. The molecule has 1 aromatic heterocycles. The zero-order chi connectivity index (χ0) is 12.3. The minimum Gasteiger partial charge on any atom is -0.382 e. The van der Waals surface area contributed by atoms with Crippen LogP contribution in [0.15, 0.2) is 0 Å². The molecule has 0 aliphatic rings. The number of halogens is 5. The summed E-state index contributed by atoms with van der Waals surface area (Å²) in [5.74, 6) is -0.176. The fourth-order valence-corrected chi connectivity index (χ4v) is 0.984. The molecular weight excluding hydrogens is 272 g/mol. The lowest BCUT2D eigenvalue weighted by Gasteiger charge is -2.15. The van der Waals surface area contributed by atoms with Crippen molar-refractivity contribution in [2.24, 2.45) is 0 Å². The van der Waals surface area contributed by atoms with Gasteiger partial charge in [-0.15, -0.1) is 10.2 Å². The van der Waals surface area contributed by atoms with Gasteiger partial charge in [0.15, 0.2) is 17.1 Å². The molecule has 0 fully saturated rings. The molecule has 90 valence electrons. The first kappa shape index (κ1) is 13.2. The van der Waals surface area contributed by atoms with Crippen LogP contribution in [0.1, 0.15) is 0 Å². The second kappa shape index (κ2) is 4.98. The predicted octanol–water partition coefficient (Wildman–Crippen LogP) is 1.51. The first-order valence-electron chi connectivity index (χ1n) is 3.85. The highest BCUT2D eigenvalue weighted by Crippen LogP contribution is 2.21. The molecule has 1 aromatic rings. The summed E-state index contributed by atoms with van der Waals surface area (Å²) >= 11 is 10.8. The first-order valence-corrected chi connectivity index (χ1v) is 4.60. The van der Waals surface area contributed by atoms with Crippen molar-refractivity contribution < 1.29 is 18.3 Å². The van der Waals surface area contributed by atoms with Gasteiger partial charge in [-0.05, 0) is 11.6 Å². The minimum atomic E-state index is -4.72. The van der Waals surface area contributed by atoms with E-state index in [4.69, 9.17) is 28.3 Å². The van der Waals surface area contributed by atoms with E-state index in [9.17, 15) is 13.2 Å². The highest BCUT2D eigenvalue weighted by Gasteiger charge is 2.38. The van der Waals surface area contributed by atoms with Crippen molar-refractivity contribution in [3.63, 3.8) is 0 Å². The fraction of sp³-hybridized carbons (Fsp3) is 0.500. The molecule has 0 saturated carbocycles. The number of hydrogen-bond acceptors (Lipinski definition) is 5. The van der Waals surface area contributed by atoms with Gasteiger partial charge in [-0.2, -0.15) is 18.2 Å². The Hall–Kier alpha value is -0.860. The van der Waals surface area contributed by atoms with Crippen molar-refractivity contribution in [1.82, 2.24) is 15.2 Å². The highest BCUT2D eigenvalue weighted by atomic mass is 35.5. The van der Waals surface area contributed by atoms with Crippen LogP contribution in [0, 0.1) is 0 Å². The van der Waals surface area contributed by atoms with Crippen LogP contribution in [0.25, 0.3) is 0 Å². The van der Waals surface area contributed by atoms with E-state index >= 15 is 0 Å². The third kappa shape index (κ3) is 3.62. The normalized spacial score (nSPS) is 13.6. The molecule has 2 N–H and O–H groups in total. The van der Waals surface area contributed by atoms with E-state index in [1.54, 1.807) is 0 Å². The minimum absolute atomic E-state index is 0.176. The summed E-state index contributed by atoms with van der Waals surface area (Å²) in [6.45, 7) is -0.807. The molecular formula is C6H5Cl2F3N4O. The van der Waals surface area contributed by atoms with Crippen molar-refractivity contribution in [1.29, 1.82) is 0 Å². The lowest BCUT2D eigenvalue weighted by molar-refractivity contribution is -0.198. The van der Waals surface area contributed by atoms with Gasteiger partial charge in [0.2, 0.25) is 5.28 Å². The van der Waals surface area contributed by atoms with Gasteiger partial charge in [-0.1, -0.05) is 11.6 Å². The molecule has 1 rings (SSSR count). The Kier molecular flexibility index (Phi) is 4.11. The Morgan fingerprint density at radius 2 is 1.94 bits per heavy atom. The number of nitrogens with zero attached hydrogens (tertiary/aromatic N) is 3. The molecule has 1 unspecified atom stereocenters. The Labute approximate surface area is 97.6 Å². The second-order valence-electron chi connectivity index (χ2n) is 2.66. The third-order valence-electron chi connectivity index (χ3n) is 1.46. The van der Waals surface area contributed by atoms with E-state index in [0.29, 0.717) is 0 Å². The highest BCUT2D eigenvalue weighted by molar-refractivity contribution is 6.32. The maximum atomic E-state index is 11.9. The van der Waals surface area contributed by atoms with Gasteiger partial charge in [0, 0.05) is 0 Å². The summed E-state index contributed by atoms with van der Waals surface area (Å²) in [5, 5.41) is 16.9. The summed E-state index contributed by atoms with van der Waals surface area (Å²) < 4.78 is 35.8. The van der Waals surface area contributed by atoms with E-state index < -0.39 is 18.8 Å². The topological polar surface area (TPSA) is 70.9 Å². The zero-order valence-corrected chi connectivity index (χ0v) is 8.97. The molecule has 0 aliphatic heterocycles. The molecule has 1 heterocycles. The summed E-state index contributed by atoms with van der Waals surface area (Å²) in [6.07, 6.45) is -7.25. The van der Waals surface area contributed by atoms with Crippen LogP contribution in [0.5, 0.6) is 0 Å². The van der Waals surface area contributed by atoms with Crippen LogP contribution in [0.3, 0.4) is 0 Å². The van der Waals surface area contributed by atoms with Crippen molar-refractivity contribution in [2.45, 2.75) is 12.3 Å². The average molecular weight is 277 g/mol. The molecule has 5 nitrogen and oxygen atoms in total. The monoisotopic (exact) mass is 276 g/mol. The summed E-state index contributed by atoms with van der Waals surface area (Å²) in [6, 6.07) is 0. The van der Waals surface area contributed by atoms with E-state index in [0.717, 1.165) is 0 Å². The smallest absolute Gasteiger partial charge is 0.382 e. The number of rotatable bonds is 3. The number of hydrogen-bond donors (Lipinski definition) is 2. The SMILES string of the molecule is OC(CNc1nc(Cl)nnc1Cl)C(F)(F)F. The largest absolute Gasteiger partial charge is 0.416 e. The molecule has 0 radical (unpaired) electrons. The van der Waals surface area contributed by atoms with Gasteiger partial charge in [0.25, 0.3) is 0 Å². The molecule has 0 amide bonds. The first-order chi connectivity index (χ1) is 7.30. The molecule has 0 aliphatic carbocycles. The number of aromatic nitrogens is 3. The fourth-order valence-electron chi connectivity index (χ4n) is 0.715. The van der Waals surface area contributed by atoms with Gasteiger partial charge in [-0.3, -0.25) is 0 Å². The Bertz CT molecular complexity index is 375. The summed E-state index contributed by atoms with van der Waals surface area (Å²) in [7, 11) is 0. The van der Waals surface area contributed by atoms with Crippen LogP contribution in [0.2, 0.25) is 10.4 Å². The van der Waals surface area contributed by atoms with Gasteiger partial charge in [-0.25, -0.2) is 0 Å². The molecule has 0 spiro atoms. The quantitative estimate of drug-likeness (QED) is 0.876. The van der Waals surface area contributed by atoms with Gasteiger partial charge < -0.3 is 10.4 Å². The Balaban J connectivity index is 2.64. The van der Waals surface area contributed by atoms with Crippen molar-refractivity contribution in [3.8, 4) is 0 Å². The van der Waals surface area contributed by atoms with Crippen molar-refractivity contribution in [3.05, 3.63) is 10.4 Å². The van der Waals surface area contributed by atoms with E-state index in [-0.39, 0.29) is 16.3 Å². The average Bonchev–Trinajstić information content (AvgIpc) is 2.17. The van der Waals surface area contributed by atoms with Crippen LogP contribution in [-0.4, -0.2) is 39.1 Å². The summed E-state index contributed by atoms with van der Waals surface area (Å²) in [5.41, 5.74) is 0. The summed E-state index contributed by atoms with van der Waals surface area (Å²) in [4.78, 5) is 3.50. The number of anilines is 1. The maximum absolute atomic E-state index is 11.9. The molecule has 0 aromatic carbocycles. The van der Waals surface area contributed by atoms with Crippen LogP contribution >= 0.6 is 23.2 Å². The Morgan fingerprint density at radius 3 is 2.50 bits per heavy atom. The van der Waals surface area contributed by atoms with Gasteiger partial charge in [0.05, 0.1) is 6.54 Å². The van der Waals surface area contributed by atoms with E-state index in [1.807, 2.05) is 0 Å². The second-order valence-corrected chi connectivity index (χ2v) is 3.35. The standard InChI is InChI=1S/C6H5Cl2F3N4O/c7-3-4(13-5(8)15-14-3)12-1-2(16)6(9,10)11/h2,16H,1H2,(H,12,13,15). The number of nitrogens with one attached hydrogen (secondary N) is 1. The number of aliphatic hydroxyl groups excluding tert-OH is 1. The Morgan fingerprint density at radius 1 is 1.31 bits per heavy atom. The van der Waals surface area contributed by atoms with Gasteiger partial charge >= 0.3 is 6.18 Å². The van der Waals surface area contributed by atoms with Crippen LogP contribution in [0.4, 0.5) is 19.0 Å². The van der Waals surface area contributed by atoms with Crippen LogP contribution < -0.4 is 5.32 Å². The van der Waals surface area contributed by atoms with E-state index in [2.05, 4.69) is 20.5 Å². The van der Waals surface area contributed by atoms with Crippen LogP contribution in [-0.2, 0) is 0 Å². The molecule has 1 atom stereocenters. The van der Waals surface area contributed by atoms with E-state index in [1.165, 1.54) is 0 Å².